The summed E-state index contributed by atoms with van der Waals surface area (Å²) in [5.41, 5.74) is 1.15. The van der Waals surface area contributed by atoms with Crippen molar-refractivity contribution in [1.82, 2.24) is 0 Å². The van der Waals surface area contributed by atoms with Gasteiger partial charge >= 0.3 is 11.9 Å². The quantitative estimate of drug-likeness (QED) is 0.620. The molecule has 0 radical (unpaired) electrons. The summed E-state index contributed by atoms with van der Waals surface area (Å²) in [6.45, 7) is 5.69. The Balaban J connectivity index is 3.09. The van der Waals surface area contributed by atoms with Crippen molar-refractivity contribution in [2.75, 3.05) is 11.9 Å². The van der Waals surface area contributed by atoms with Gasteiger partial charge in [-0.15, -0.1) is 11.3 Å². The molecular formula is C13H17NO5S. The van der Waals surface area contributed by atoms with E-state index in [0.717, 1.165) is 10.4 Å². The van der Waals surface area contributed by atoms with E-state index in [4.69, 9.17) is 9.84 Å². The van der Waals surface area contributed by atoms with Gasteiger partial charge in [-0.25, -0.2) is 4.79 Å². The van der Waals surface area contributed by atoms with E-state index in [1.54, 1.807) is 6.92 Å². The molecule has 20 heavy (non-hydrogen) atoms. The molecular weight excluding hydrogens is 282 g/mol. The molecule has 0 atom stereocenters. The number of hydrogen-bond donors (Lipinski definition) is 2. The highest BCUT2D eigenvalue weighted by atomic mass is 32.1. The Bertz CT molecular complexity index is 535. The first kappa shape index (κ1) is 16.2. The number of amides is 1. The number of nitrogens with one attached hydrogen (secondary N) is 1. The number of rotatable bonds is 6. The van der Waals surface area contributed by atoms with E-state index in [2.05, 4.69) is 5.32 Å². The van der Waals surface area contributed by atoms with Crippen LogP contribution in [-0.2, 0) is 20.7 Å². The SMILES string of the molecule is CCOC(=O)c1c(NC(=O)CC(=O)O)sc(C)c1CC. The summed E-state index contributed by atoms with van der Waals surface area (Å²) in [4.78, 5) is 34.9. The summed E-state index contributed by atoms with van der Waals surface area (Å²) >= 11 is 1.25. The number of carboxylic acid groups (broad SMARTS) is 1. The Hall–Kier alpha value is -1.89. The highest BCUT2D eigenvalue weighted by molar-refractivity contribution is 7.16. The fourth-order valence-electron chi connectivity index (χ4n) is 1.82. The van der Waals surface area contributed by atoms with Gasteiger partial charge in [-0.2, -0.15) is 0 Å². The number of carboxylic acids is 1. The van der Waals surface area contributed by atoms with Crippen molar-refractivity contribution < 1.29 is 24.2 Å². The molecule has 1 rings (SSSR count). The second-order valence-corrected chi connectivity index (χ2v) is 5.26. The van der Waals surface area contributed by atoms with Crippen LogP contribution in [0.1, 0.15) is 41.1 Å². The topological polar surface area (TPSA) is 92.7 Å². The zero-order chi connectivity index (χ0) is 15.3. The number of anilines is 1. The molecule has 0 bridgehead atoms. The highest BCUT2D eigenvalue weighted by Crippen LogP contribution is 2.34. The molecule has 1 aromatic rings. The number of aliphatic carboxylic acids is 1. The van der Waals surface area contributed by atoms with E-state index >= 15 is 0 Å². The van der Waals surface area contributed by atoms with Gasteiger partial charge in [0.25, 0.3) is 0 Å². The maximum absolute atomic E-state index is 12.0. The van der Waals surface area contributed by atoms with Crippen molar-refractivity contribution in [1.29, 1.82) is 0 Å². The van der Waals surface area contributed by atoms with Crippen LogP contribution in [0.4, 0.5) is 5.00 Å². The van der Waals surface area contributed by atoms with E-state index in [-0.39, 0.29) is 6.61 Å². The van der Waals surface area contributed by atoms with Crippen LogP contribution in [0.2, 0.25) is 0 Å². The normalized spacial score (nSPS) is 10.2. The number of aryl methyl sites for hydroxylation is 1. The third-order valence-electron chi connectivity index (χ3n) is 2.61. The monoisotopic (exact) mass is 299 g/mol. The molecule has 0 saturated heterocycles. The third kappa shape index (κ3) is 3.80. The molecule has 0 aliphatic heterocycles. The fourth-order valence-corrected chi connectivity index (χ4v) is 2.97. The standard InChI is InChI=1S/C13H17NO5S/c1-4-8-7(3)20-12(11(8)13(18)19-5-2)14-9(15)6-10(16)17/h4-6H2,1-3H3,(H,14,15)(H,16,17). The minimum atomic E-state index is -1.22. The summed E-state index contributed by atoms with van der Waals surface area (Å²) in [6.07, 6.45) is -0.00798. The summed E-state index contributed by atoms with van der Waals surface area (Å²) in [7, 11) is 0. The molecule has 1 amide bonds. The van der Waals surface area contributed by atoms with E-state index in [1.165, 1.54) is 11.3 Å². The second-order valence-electron chi connectivity index (χ2n) is 4.03. The average molecular weight is 299 g/mol. The van der Waals surface area contributed by atoms with Crippen molar-refractivity contribution in [2.45, 2.75) is 33.6 Å². The molecule has 0 spiro atoms. The number of thiophene rings is 1. The zero-order valence-corrected chi connectivity index (χ0v) is 12.4. The van der Waals surface area contributed by atoms with Crippen LogP contribution < -0.4 is 5.32 Å². The van der Waals surface area contributed by atoms with Gasteiger partial charge in [0.2, 0.25) is 5.91 Å². The molecule has 110 valence electrons. The molecule has 7 heteroatoms. The van der Waals surface area contributed by atoms with Gasteiger partial charge in [-0.3, -0.25) is 9.59 Å². The molecule has 2 N–H and O–H groups in total. The van der Waals surface area contributed by atoms with Gasteiger partial charge in [-0.1, -0.05) is 6.92 Å². The second kappa shape index (κ2) is 7.04. The molecule has 0 fully saturated rings. The van der Waals surface area contributed by atoms with Crippen LogP contribution in [-0.4, -0.2) is 29.6 Å². The first-order chi connectivity index (χ1) is 9.40. The van der Waals surface area contributed by atoms with Crippen molar-refractivity contribution in [3.63, 3.8) is 0 Å². The average Bonchev–Trinajstić information content (AvgIpc) is 2.63. The van der Waals surface area contributed by atoms with Crippen molar-refractivity contribution >= 4 is 34.2 Å². The largest absolute Gasteiger partial charge is 0.481 e. The number of carbonyl (C=O) groups excluding carboxylic acids is 2. The zero-order valence-electron chi connectivity index (χ0n) is 11.6. The lowest BCUT2D eigenvalue weighted by Crippen LogP contribution is -2.17. The Labute approximate surface area is 120 Å². The highest BCUT2D eigenvalue weighted by Gasteiger charge is 2.23. The maximum Gasteiger partial charge on any atom is 0.341 e. The minimum absolute atomic E-state index is 0.236. The van der Waals surface area contributed by atoms with Gasteiger partial charge in [0, 0.05) is 4.88 Å². The number of ether oxygens (including phenoxy) is 1. The number of hydrogen-bond acceptors (Lipinski definition) is 5. The third-order valence-corrected chi connectivity index (χ3v) is 3.67. The number of esters is 1. The fraction of sp³-hybridized carbons (Fsp3) is 0.462. The molecule has 0 aliphatic carbocycles. The van der Waals surface area contributed by atoms with Gasteiger partial charge in [0.1, 0.15) is 11.4 Å². The lowest BCUT2D eigenvalue weighted by atomic mass is 10.1. The first-order valence-corrected chi connectivity index (χ1v) is 7.03. The smallest absolute Gasteiger partial charge is 0.341 e. The Morgan fingerprint density at radius 1 is 1.30 bits per heavy atom. The predicted molar refractivity (Wildman–Crippen MR) is 75.3 cm³/mol. The first-order valence-electron chi connectivity index (χ1n) is 6.21. The van der Waals surface area contributed by atoms with Crippen LogP contribution in [0.25, 0.3) is 0 Å². The van der Waals surface area contributed by atoms with Crippen LogP contribution in [0.5, 0.6) is 0 Å². The molecule has 0 aliphatic rings. The van der Waals surface area contributed by atoms with Gasteiger partial charge in [0.05, 0.1) is 12.2 Å². The summed E-state index contributed by atoms with van der Waals surface area (Å²) in [5.74, 6) is -2.38. The summed E-state index contributed by atoms with van der Waals surface area (Å²) in [6, 6.07) is 0. The van der Waals surface area contributed by atoms with Crippen LogP contribution in [0.3, 0.4) is 0 Å². The van der Waals surface area contributed by atoms with E-state index in [0.29, 0.717) is 17.0 Å². The number of carbonyl (C=O) groups is 3. The van der Waals surface area contributed by atoms with Crippen molar-refractivity contribution in [3.05, 3.63) is 16.0 Å². The van der Waals surface area contributed by atoms with Gasteiger partial charge in [0.15, 0.2) is 0 Å². The van der Waals surface area contributed by atoms with Crippen LogP contribution in [0, 0.1) is 6.92 Å². The molecule has 0 aromatic carbocycles. The summed E-state index contributed by atoms with van der Waals surface area (Å²) < 4.78 is 4.99. The molecule has 6 nitrogen and oxygen atoms in total. The molecule has 0 unspecified atom stereocenters. The lowest BCUT2D eigenvalue weighted by molar-refractivity contribution is -0.139. The lowest BCUT2D eigenvalue weighted by Gasteiger charge is -2.07. The van der Waals surface area contributed by atoms with Gasteiger partial charge < -0.3 is 15.2 Å². The predicted octanol–water partition coefficient (Wildman–Crippen LogP) is 2.21. The van der Waals surface area contributed by atoms with E-state index in [9.17, 15) is 14.4 Å². The molecule has 1 heterocycles. The Morgan fingerprint density at radius 3 is 2.45 bits per heavy atom. The minimum Gasteiger partial charge on any atom is -0.481 e. The van der Waals surface area contributed by atoms with Gasteiger partial charge in [-0.05, 0) is 25.8 Å². The maximum atomic E-state index is 12.0. The molecule has 0 saturated carbocycles. The van der Waals surface area contributed by atoms with Crippen molar-refractivity contribution in [3.8, 4) is 0 Å². The molecule has 1 aromatic heterocycles. The summed E-state index contributed by atoms with van der Waals surface area (Å²) in [5, 5.41) is 11.4. The Kier molecular flexibility index (Phi) is 5.69. The Morgan fingerprint density at radius 2 is 1.95 bits per heavy atom. The van der Waals surface area contributed by atoms with Crippen LogP contribution in [0.15, 0.2) is 0 Å². The van der Waals surface area contributed by atoms with Crippen molar-refractivity contribution in [2.24, 2.45) is 0 Å². The van der Waals surface area contributed by atoms with E-state index < -0.39 is 24.3 Å². The van der Waals surface area contributed by atoms with Crippen LogP contribution >= 0.6 is 11.3 Å². The van der Waals surface area contributed by atoms with E-state index in [1.807, 2.05) is 13.8 Å².